The summed E-state index contributed by atoms with van der Waals surface area (Å²) in [6, 6.07) is 36.0. The van der Waals surface area contributed by atoms with Gasteiger partial charge in [-0.2, -0.15) is 77.9 Å². The average Bonchev–Trinajstić information content (AvgIpc) is 3.51. The monoisotopic (exact) mass is 537 g/mol. The molecule has 0 nitrogen and oxygen atoms in total. The van der Waals surface area contributed by atoms with E-state index in [0.717, 1.165) is 6.42 Å². The van der Waals surface area contributed by atoms with Crippen LogP contribution in [-0.4, -0.2) is 4.21 Å². The van der Waals surface area contributed by atoms with Crippen molar-refractivity contribution < 1.29 is 24.2 Å². The molecule has 0 spiro atoms. The molecule has 0 aliphatic heterocycles. The summed E-state index contributed by atoms with van der Waals surface area (Å²) in [6.45, 7) is 15.7. The molecule has 1 heteroatoms. The predicted octanol–water partition coefficient (Wildman–Crippen LogP) is 8.82. The molecule has 0 heterocycles. The zero-order valence-electron chi connectivity index (χ0n) is 22.5. The Kier molecular flexibility index (Phi) is 10.9. The van der Waals surface area contributed by atoms with Crippen molar-refractivity contribution in [3.63, 3.8) is 0 Å². The Labute approximate surface area is 229 Å². The van der Waals surface area contributed by atoms with Gasteiger partial charge in [0.15, 0.2) is 0 Å². The van der Waals surface area contributed by atoms with Gasteiger partial charge in [0, 0.05) is 0 Å². The number of aryl methyl sites for hydroxylation is 1. The van der Waals surface area contributed by atoms with Crippen LogP contribution in [0, 0.1) is 19.1 Å². The molecule has 0 radical (unpaired) electrons. The fourth-order valence-electron chi connectivity index (χ4n) is 3.82. The third-order valence-corrected chi connectivity index (χ3v) is 5.90. The number of hydrogen-bond donors (Lipinski definition) is 0. The SMILES string of the molecule is CC(C)(C)c1[c-]c2c(cc1)-c1ccc(C(C)(C)C)cc1C2.Cc1cc[c-]cc1.[CH2]=[Zr].c1cc[cH-]c1. The fraction of sp³-hybridized carbons (Fsp3) is 0.294. The van der Waals surface area contributed by atoms with E-state index in [2.05, 4.69) is 95.1 Å². The van der Waals surface area contributed by atoms with Crippen molar-refractivity contribution in [1.29, 1.82) is 0 Å². The second kappa shape index (κ2) is 13.2. The molecule has 1 aliphatic carbocycles. The molecular formula is C34H39Zr-3. The molecule has 0 aromatic heterocycles. The maximum absolute atomic E-state index is 3.67. The van der Waals surface area contributed by atoms with Crippen molar-refractivity contribution in [2.75, 3.05) is 0 Å². The van der Waals surface area contributed by atoms with Gasteiger partial charge in [-0.1, -0.05) is 72.2 Å². The van der Waals surface area contributed by atoms with Crippen LogP contribution in [0.1, 0.15) is 69.4 Å². The molecule has 5 rings (SSSR count). The number of hydrogen-bond acceptors (Lipinski definition) is 0. The summed E-state index contributed by atoms with van der Waals surface area (Å²) in [4.78, 5) is 0. The van der Waals surface area contributed by atoms with Crippen LogP contribution in [0.3, 0.4) is 0 Å². The zero-order chi connectivity index (χ0) is 26.1. The van der Waals surface area contributed by atoms with Crippen molar-refractivity contribution in [3.8, 4) is 11.1 Å². The van der Waals surface area contributed by atoms with E-state index in [1.807, 2.05) is 54.6 Å². The molecule has 4 aromatic rings. The second-order valence-electron chi connectivity index (χ2n) is 10.9. The topological polar surface area (TPSA) is 0 Å². The van der Waals surface area contributed by atoms with Gasteiger partial charge in [0.1, 0.15) is 0 Å². The number of rotatable bonds is 0. The van der Waals surface area contributed by atoms with Crippen LogP contribution < -0.4 is 0 Å². The first-order chi connectivity index (χ1) is 16.6. The molecule has 1 aliphatic rings. The van der Waals surface area contributed by atoms with Gasteiger partial charge in [0.2, 0.25) is 0 Å². The van der Waals surface area contributed by atoms with Crippen LogP contribution >= 0.6 is 0 Å². The molecule has 0 unspecified atom stereocenters. The van der Waals surface area contributed by atoms with Crippen molar-refractivity contribution in [1.82, 2.24) is 0 Å². The van der Waals surface area contributed by atoms with E-state index in [-0.39, 0.29) is 10.8 Å². The quantitative estimate of drug-likeness (QED) is 0.173. The Morgan fingerprint density at radius 1 is 0.800 bits per heavy atom. The number of benzene rings is 3. The molecule has 0 fully saturated rings. The largest absolute Gasteiger partial charge is 0.214 e. The van der Waals surface area contributed by atoms with E-state index < -0.39 is 0 Å². The second-order valence-corrected chi connectivity index (χ2v) is 10.9. The van der Waals surface area contributed by atoms with Crippen LogP contribution in [0.25, 0.3) is 11.1 Å². The molecule has 0 saturated carbocycles. The molecule has 0 bridgehead atoms. The Hall–Kier alpha value is -2.24. The Bertz CT molecular complexity index is 1070. The average molecular weight is 539 g/mol. The molecule has 0 N–H and O–H groups in total. The van der Waals surface area contributed by atoms with E-state index in [1.165, 1.54) is 63.2 Å². The maximum Gasteiger partial charge on any atom is -0.172 e. The number of fused-ring (bicyclic) bond motifs is 3. The summed E-state index contributed by atoms with van der Waals surface area (Å²) >= 11 is 1.30. The van der Waals surface area contributed by atoms with E-state index in [9.17, 15) is 0 Å². The van der Waals surface area contributed by atoms with Crippen LogP contribution in [0.4, 0.5) is 0 Å². The van der Waals surface area contributed by atoms with Gasteiger partial charge in [0.05, 0.1) is 0 Å². The first-order valence-corrected chi connectivity index (χ1v) is 13.9. The standard InChI is InChI=1S/C21H25.C7H7.C5H5.CH2.Zr/c1-20(2,3)16-7-9-18-14(12-16)11-15-13-17(21(4,5)6)8-10-19(15)18;1-7-5-3-2-4-6-7;1-2-4-5-3-1;;/h7-10,12H,11H2,1-6H3;3-6H,1H3;1-5H;1H2;/q3*-1;;. The van der Waals surface area contributed by atoms with Gasteiger partial charge in [-0.05, 0) is 28.4 Å². The third-order valence-electron chi connectivity index (χ3n) is 5.90. The minimum absolute atomic E-state index is 0.167. The minimum Gasteiger partial charge on any atom is -0.214 e. The van der Waals surface area contributed by atoms with E-state index in [0.29, 0.717) is 0 Å². The molecular weight excluding hydrogens is 500 g/mol. The molecule has 182 valence electrons. The molecule has 0 amide bonds. The van der Waals surface area contributed by atoms with Gasteiger partial charge in [-0.15, -0.1) is 11.1 Å². The summed E-state index contributed by atoms with van der Waals surface area (Å²) in [5.41, 5.74) is 10.00. The van der Waals surface area contributed by atoms with Gasteiger partial charge < -0.3 is 0 Å². The Morgan fingerprint density at radius 2 is 1.40 bits per heavy atom. The summed E-state index contributed by atoms with van der Waals surface area (Å²) in [7, 11) is 0. The molecule has 0 saturated heterocycles. The Morgan fingerprint density at radius 3 is 1.86 bits per heavy atom. The van der Waals surface area contributed by atoms with E-state index in [4.69, 9.17) is 0 Å². The van der Waals surface area contributed by atoms with Gasteiger partial charge in [0.25, 0.3) is 0 Å². The first-order valence-electron chi connectivity index (χ1n) is 12.2. The molecule has 4 aromatic carbocycles. The van der Waals surface area contributed by atoms with Crippen molar-refractivity contribution in [2.45, 2.75) is 65.7 Å². The summed E-state index contributed by atoms with van der Waals surface area (Å²) in [5.74, 6) is 0. The van der Waals surface area contributed by atoms with Crippen molar-refractivity contribution >= 4 is 4.21 Å². The third kappa shape index (κ3) is 8.73. The normalized spacial score (nSPS) is 11.4. The summed E-state index contributed by atoms with van der Waals surface area (Å²) in [6.07, 6.45) is 1.03. The van der Waals surface area contributed by atoms with Crippen LogP contribution in [-0.2, 0) is 41.5 Å². The van der Waals surface area contributed by atoms with Gasteiger partial charge in [-0.25, -0.2) is 12.1 Å². The molecule has 35 heavy (non-hydrogen) atoms. The van der Waals surface area contributed by atoms with E-state index >= 15 is 0 Å². The minimum atomic E-state index is 0.167. The van der Waals surface area contributed by atoms with Gasteiger partial charge >= 0.3 is 28.4 Å². The summed E-state index contributed by atoms with van der Waals surface area (Å²) < 4.78 is 3.34. The smallest absolute Gasteiger partial charge is 0.172 e. The fourth-order valence-corrected chi connectivity index (χ4v) is 3.82. The van der Waals surface area contributed by atoms with Crippen molar-refractivity contribution in [2.24, 2.45) is 0 Å². The van der Waals surface area contributed by atoms with Crippen LogP contribution in [0.15, 0.2) is 84.9 Å². The van der Waals surface area contributed by atoms with Crippen LogP contribution in [0.2, 0.25) is 0 Å². The van der Waals surface area contributed by atoms with E-state index in [1.54, 1.807) is 0 Å². The summed E-state index contributed by atoms with van der Waals surface area (Å²) in [5, 5.41) is 0. The Balaban J connectivity index is 0.000000251. The van der Waals surface area contributed by atoms with Crippen LogP contribution in [0.5, 0.6) is 0 Å². The maximum atomic E-state index is 3.67. The van der Waals surface area contributed by atoms with Crippen molar-refractivity contribution in [3.05, 3.63) is 125 Å². The molecule has 0 atom stereocenters. The first kappa shape index (κ1) is 29.0. The predicted molar refractivity (Wildman–Crippen MR) is 150 cm³/mol. The zero-order valence-corrected chi connectivity index (χ0v) is 25.0. The van der Waals surface area contributed by atoms with Gasteiger partial charge in [-0.3, -0.25) is 0 Å².